The molecule has 1 aliphatic rings. The molecule has 1 heterocycles. The molecule has 28 heavy (non-hydrogen) atoms. The summed E-state index contributed by atoms with van der Waals surface area (Å²) in [7, 11) is 1.41. The fourth-order valence-corrected chi connectivity index (χ4v) is 4.34. The fraction of sp³-hybridized carbons (Fsp3) is 0.958. The molecule has 0 N–H and O–H groups in total. The largest absolute Gasteiger partial charge is 0.469 e. The molecule has 0 aliphatic carbocycles. The van der Waals surface area contributed by atoms with E-state index in [4.69, 9.17) is 14.5 Å². The molecule has 1 fully saturated rings. The van der Waals surface area contributed by atoms with Crippen molar-refractivity contribution >= 4 is 5.97 Å². The summed E-state index contributed by atoms with van der Waals surface area (Å²) in [5.74, 6) is -0.244. The fourth-order valence-electron chi connectivity index (χ4n) is 4.34. The van der Waals surface area contributed by atoms with Gasteiger partial charge < -0.3 is 4.74 Å². The summed E-state index contributed by atoms with van der Waals surface area (Å²) in [6, 6.07) is 0. The predicted molar refractivity (Wildman–Crippen MR) is 115 cm³/mol. The van der Waals surface area contributed by atoms with Gasteiger partial charge in [0.2, 0.25) is 0 Å². The zero-order chi connectivity index (χ0) is 20.7. The van der Waals surface area contributed by atoms with Crippen molar-refractivity contribution in [1.29, 1.82) is 0 Å². The lowest BCUT2D eigenvalue weighted by atomic mass is 9.85. The molecule has 1 rings (SSSR count). The molecule has 0 bridgehead atoms. The summed E-state index contributed by atoms with van der Waals surface area (Å²) in [6.07, 6.45) is 21.1. The van der Waals surface area contributed by atoms with Crippen molar-refractivity contribution in [3.8, 4) is 0 Å². The van der Waals surface area contributed by atoms with Crippen molar-refractivity contribution in [3.05, 3.63) is 0 Å². The SMILES string of the molecule is CCCCCCCCCCCCCCCCC1(C)CC(C)(CC(=O)OC)OO1. The van der Waals surface area contributed by atoms with Crippen LogP contribution in [0.2, 0.25) is 0 Å². The average Bonchev–Trinajstić information content (AvgIpc) is 2.96. The summed E-state index contributed by atoms with van der Waals surface area (Å²) < 4.78 is 4.76. The van der Waals surface area contributed by atoms with Gasteiger partial charge in [0.1, 0.15) is 11.2 Å². The van der Waals surface area contributed by atoms with Crippen LogP contribution in [0.3, 0.4) is 0 Å². The van der Waals surface area contributed by atoms with Crippen molar-refractivity contribution in [1.82, 2.24) is 0 Å². The predicted octanol–water partition coefficient (Wildman–Crippen LogP) is 7.29. The van der Waals surface area contributed by atoms with E-state index < -0.39 is 5.60 Å². The second-order valence-corrected chi connectivity index (χ2v) is 9.34. The van der Waals surface area contributed by atoms with Gasteiger partial charge in [-0.2, -0.15) is 0 Å². The van der Waals surface area contributed by atoms with Gasteiger partial charge in [-0.05, 0) is 20.3 Å². The molecule has 0 amide bonds. The topological polar surface area (TPSA) is 44.8 Å². The number of ether oxygens (including phenoxy) is 1. The molecule has 0 aromatic rings. The molecule has 4 nitrogen and oxygen atoms in total. The monoisotopic (exact) mass is 398 g/mol. The van der Waals surface area contributed by atoms with Crippen molar-refractivity contribution in [3.63, 3.8) is 0 Å². The van der Waals surface area contributed by atoms with Gasteiger partial charge in [0.05, 0.1) is 13.5 Å². The van der Waals surface area contributed by atoms with Crippen LogP contribution in [0.5, 0.6) is 0 Å². The molecule has 1 saturated heterocycles. The van der Waals surface area contributed by atoms with E-state index >= 15 is 0 Å². The number of carbonyl (C=O) groups is 1. The van der Waals surface area contributed by atoms with E-state index in [2.05, 4.69) is 13.8 Å². The normalized spacial score (nSPS) is 24.6. The molecule has 0 radical (unpaired) electrons. The molecular weight excluding hydrogens is 352 g/mol. The Morgan fingerprint density at radius 2 is 1.18 bits per heavy atom. The lowest BCUT2D eigenvalue weighted by Crippen LogP contribution is -2.31. The third-order valence-electron chi connectivity index (χ3n) is 6.00. The molecule has 1 aliphatic heterocycles. The molecule has 4 heteroatoms. The van der Waals surface area contributed by atoms with Crippen LogP contribution in [0.15, 0.2) is 0 Å². The van der Waals surface area contributed by atoms with E-state index in [-0.39, 0.29) is 18.0 Å². The van der Waals surface area contributed by atoms with Crippen LogP contribution in [0.4, 0.5) is 0 Å². The summed E-state index contributed by atoms with van der Waals surface area (Å²) in [4.78, 5) is 22.6. The second kappa shape index (κ2) is 14.4. The van der Waals surface area contributed by atoms with Crippen LogP contribution in [-0.4, -0.2) is 24.3 Å². The highest BCUT2D eigenvalue weighted by molar-refractivity contribution is 5.70. The summed E-state index contributed by atoms with van der Waals surface area (Å²) in [6.45, 7) is 6.30. The average molecular weight is 399 g/mol. The van der Waals surface area contributed by atoms with Gasteiger partial charge in [0.25, 0.3) is 0 Å². The summed E-state index contributed by atoms with van der Waals surface area (Å²) >= 11 is 0. The highest BCUT2D eigenvalue weighted by atomic mass is 17.2. The minimum atomic E-state index is -0.558. The van der Waals surface area contributed by atoms with E-state index in [9.17, 15) is 4.79 Å². The van der Waals surface area contributed by atoms with Gasteiger partial charge in [-0.1, -0.05) is 96.8 Å². The Morgan fingerprint density at radius 1 is 0.750 bits per heavy atom. The van der Waals surface area contributed by atoms with E-state index in [1.165, 1.54) is 90.6 Å². The standard InChI is InChI=1S/C24H46O4/c1-5-6-7-8-9-10-11-12-13-14-15-16-17-18-19-23(2)21-24(3,28-27-23)20-22(25)26-4/h5-21H2,1-4H3. The molecule has 0 saturated carbocycles. The smallest absolute Gasteiger partial charge is 0.308 e. The van der Waals surface area contributed by atoms with Crippen LogP contribution in [0, 0.1) is 0 Å². The molecule has 2 atom stereocenters. The van der Waals surface area contributed by atoms with E-state index in [0.29, 0.717) is 0 Å². The Balaban J connectivity index is 1.94. The molecule has 0 aromatic carbocycles. The molecule has 0 aromatic heterocycles. The summed E-state index contributed by atoms with van der Waals surface area (Å²) in [5.41, 5.74) is -0.836. The number of hydrogen-bond donors (Lipinski definition) is 0. The number of rotatable bonds is 17. The zero-order valence-corrected chi connectivity index (χ0v) is 19.2. The third kappa shape index (κ3) is 11.4. The highest BCUT2D eigenvalue weighted by Gasteiger charge is 2.47. The van der Waals surface area contributed by atoms with Crippen molar-refractivity contribution in [2.75, 3.05) is 7.11 Å². The van der Waals surface area contributed by atoms with Crippen LogP contribution >= 0.6 is 0 Å². The van der Waals surface area contributed by atoms with Crippen LogP contribution in [-0.2, 0) is 19.3 Å². The van der Waals surface area contributed by atoms with Gasteiger partial charge in [-0.15, -0.1) is 0 Å². The Hall–Kier alpha value is -0.610. The minimum absolute atomic E-state index is 0.244. The van der Waals surface area contributed by atoms with Crippen LogP contribution in [0.1, 0.15) is 130 Å². The van der Waals surface area contributed by atoms with E-state index in [1.54, 1.807) is 0 Å². The first-order chi connectivity index (χ1) is 13.4. The minimum Gasteiger partial charge on any atom is -0.469 e. The number of unbranched alkanes of at least 4 members (excludes halogenated alkanes) is 13. The Bertz CT molecular complexity index is 411. The number of hydrogen-bond acceptors (Lipinski definition) is 4. The number of methoxy groups -OCH3 is 1. The second-order valence-electron chi connectivity index (χ2n) is 9.34. The Morgan fingerprint density at radius 3 is 1.64 bits per heavy atom. The first kappa shape index (κ1) is 25.4. The maximum atomic E-state index is 11.5. The maximum Gasteiger partial charge on any atom is 0.308 e. The van der Waals surface area contributed by atoms with E-state index in [0.717, 1.165) is 19.3 Å². The first-order valence-corrected chi connectivity index (χ1v) is 11.9. The van der Waals surface area contributed by atoms with Crippen LogP contribution in [0.25, 0.3) is 0 Å². The quantitative estimate of drug-likeness (QED) is 0.147. The van der Waals surface area contributed by atoms with Gasteiger partial charge in [0, 0.05) is 6.42 Å². The van der Waals surface area contributed by atoms with Crippen LogP contribution < -0.4 is 0 Å². The Labute approximate surface area is 174 Å². The number of esters is 1. The van der Waals surface area contributed by atoms with E-state index in [1.807, 2.05) is 6.92 Å². The van der Waals surface area contributed by atoms with Gasteiger partial charge in [-0.3, -0.25) is 4.79 Å². The van der Waals surface area contributed by atoms with Gasteiger partial charge in [-0.25, -0.2) is 9.78 Å². The van der Waals surface area contributed by atoms with Crippen molar-refractivity contribution < 1.29 is 19.3 Å². The third-order valence-corrected chi connectivity index (χ3v) is 6.00. The maximum absolute atomic E-state index is 11.5. The molecule has 166 valence electrons. The highest BCUT2D eigenvalue weighted by Crippen LogP contribution is 2.41. The molecule has 2 unspecified atom stereocenters. The van der Waals surface area contributed by atoms with Crippen molar-refractivity contribution in [2.24, 2.45) is 0 Å². The first-order valence-electron chi connectivity index (χ1n) is 11.9. The van der Waals surface area contributed by atoms with Crippen molar-refractivity contribution in [2.45, 2.75) is 141 Å². The lowest BCUT2D eigenvalue weighted by molar-refractivity contribution is -0.345. The summed E-state index contributed by atoms with van der Waals surface area (Å²) in [5, 5.41) is 0. The zero-order valence-electron chi connectivity index (χ0n) is 19.2. The lowest BCUT2D eigenvalue weighted by Gasteiger charge is -2.22. The molecule has 0 spiro atoms. The molecular formula is C24H46O4. The number of carbonyl (C=O) groups excluding carboxylic acids is 1. The Kier molecular flexibility index (Phi) is 13.1. The van der Waals surface area contributed by atoms with Gasteiger partial charge >= 0.3 is 5.97 Å². The van der Waals surface area contributed by atoms with Gasteiger partial charge in [0.15, 0.2) is 0 Å².